The number of methoxy groups -OCH3 is 1. The first-order valence-electron chi connectivity index (χ1n) is 9.74. The predicted octanol–water partition coefficient (Wildman–Crippen LogP) is 3.77. The summed E-state index contributed by atoms with van der Waals surface area (Å²) in [6.07, 6.45) is 0.600. The number of amides is 1. The van der Waals surface area contributed by atoms with Crippen molar-refractivity contribution in [3.05, 3.63) is 88.1 Å². The van der Waals surface area contributed by atoms with Gasteiger partial charge in [0.25, 0.3) is 5.91 Å². The van der Waals surface area contributed by atoms with Gasteiger partial charge in [0, 0.05) is 6.42 Å². The highest BCUT2D eigenvalue weighted by atomic mass is 32.1. The van der Waals surface area contributed by atoms with Crippen LogP contribution in [0.15, 0.2) is 82.4 Å². The van der Waals surface area contributed by atoms with Crippen LogP contribution in [0, 0.1) is 0 Å². The molecule has 158 valence electrons. The summed E-state index contributed by atoms with van der Waals surface area (Å²) in [6, 6.07) is 20.9. The van der Waals surface area contributed by atoms with Crippen LogP contribution in [0.2, 0.25) is 0 Å². The van der Waals surface area contributed by atoms with Crippen LogP contribution in [-0.2, 0) is 9.63 Å². The zero-order valence-corrected chi connectivity index (χ0v) is 17.8. The van der Waals surface area contributed by atoms with Crippen LogP contribution in [0.3, 0.4) is 0 Å². The highest BCUT2D eigenvalue weighted by molar-refractivity contribution is 7.12. The van der Waals surface area contributed by atoms with Gasteiger partial charge in [0.1, 0.15) is 5.75 Å². The van der Waals surface area contributed by atoms with E-state index in [4.69, 9.17) is 15.3 Å². The lowest BCUT2D eigenvalue weighted by Crippen LogP contribution is -2.30. The lowest BCUT2D eigenvalue weighted by Gasteiger charge is -2.21. The third-order valence-corrected chi connectivity index (χ3v) is 5.79. The molecule has 1 aliphatic heterocycles. The van der Waals surface area contributed by atoms with Crippen LogP contribution in [0.5, 0.6) is 5.75 Å². The number of carbonyl (C=O) groups excluding carboxylic acids is 1. The molecule has 0 radical (unpaired) electrons. The van der Waals surface area contributed by atoms with E-state index in [0.717, 1.165) is 27.5 Å². The van der Waals surface area contributed by atoms with Crippen LogP contribution in [0.1, 0.15) is 28.5 Å². The Bertz CT molecular complexity index is 1080. The fourth-order valence-corrected chi connectivity index (χ4v) is 3.94. The molecular weight excluding hydrogens is 412 g/mol. The van der Waals surface area contributed by atoms with E-state index in [1.54, 1.807) is 7.11 Å². The van der Waals surface area contributed by atoms with Gasteiger partial charge in [0.15, 0.2) is 12.4 Å². The molecule has 2 heterocycles. The van der Waals surface area contributed by atoms with Crippen molar-refractivity contribution in [2.75, 3.05) is 13.7 Å². The Hall–Kier alpha value is -3.65. The summed E-state index contributed by atoms with van der Waals surface area (Å²) in [5.74, 6) is 0.699. The monoisotopic (exact) mass is 434 g/mol. The molecule has 8 heteroatoms. The lowest BCUT2D eigenvalue weighted by atomic mass is 9.98. The van der Waals surface area contributed by atoms with E-state index < -0.39 is 0 Å². The van der Waals surface area contributed by atoms with Gasteiger partial charge in [0.2, 0.25) is 0 Å². The maximum Gasteiger partial charge on any atom is 0.283 e. The van der Waals surface area contributed by atoms with Crippen LogP contribution >= 0.6 is 11.3 Å². The van der Waals surface area contributed by atoms with Crippen LogP contribution in [-0.4, -0.2) is 36.2 Å². The molecule has 1 aliphatic rings. The fraction of sp³-hybridized carbons (Fsp3) is 0.174. The summed E-state index contributed by atoms with van der Waals surface area (Å²) in [7, 11) is 1.62. The van der Waals surface area contributed by atoms with Gasteiger partial charge in [-0.3, -0.25) is 4.79 Å². The second-order valence-corrected chi connectivity index (χ2v) is 7.82. The minimum atomic E-state index is -0.297. The molecule has 1 aromatic heterocycles. The topological polar surface area (TPSA) is 89.5 Å². The Balaban J connectivity index is 1.53. The first-order valence-corrected chi connectivity index (χ1v) is 10.6. The van der Waals surface area contributed by atoms with E-state index in [9.17, 15) is 4.79 Å². The number of oxime groups is 1. The molecule has 1 unspecified atom stereocenters. The number of ether oxygens (including phenoxy) is 1. The quantitative estimate of drug-likeness (QED) is 0.348. The molecule has 0 saturated heterocycles. The summed E-state index contributed by atoms with van der Waals surface area (Å²) in [5, 5.41) is 11.9. The first kappa shape index (κ1) is 20.6. The Morgan fingerprint density at radius 3 is 2.61 bits per heavy atom. The number of thiophene rings is 1. The smallest absolute Gasteiger partial charge is 0.283 e. The van der Waals surface area contributed by atoms with Crippen molar-refractivity contribution in [2.24, 2.45) is 16.0 Å². The molecule has 4 rings (SSSR count). The first-order chi connectivity index (χ1) is 15.2. The van der Waals surface area contributed by atoms with Gasteiger partial charge < -0.3 is 15.3 Å². The van der Waals surface area contributed by atoms with Crippen molar-refractivity contribution in [1.82, 2.24) is 5.01 Å². The van der Waals surface area contributed by atoms with Crippen molar-refractivity contribution >= 4 is 28.8 Å². The van der Waals surface area contributed by atoms with Crippen molar-refractivity contribution in [2.45, 2.75) is 12.5 Å². The van der Waals surface area contributed by atoms with Crippen LogP contribution in [0.4, 0.5) is 0 Å². The molecule has 2 aromatic carbocycles. The third kappa shape index (κ3) is 4.75. The number of hydrogen-bond acceptors (Lipinski definition) is 6. The van der Waals surface area contributed by atoms with E-state index in [1.807, 2.05) is 72.1 Å². The summed E-state index contributed by atoms with van der Waals surface area (Å²) in [5.41, 5.74) is 8.68. The Morgan fingerprint density at radius 2 is 1.94 bits per heavy atom. The van der Waals surface area contributed by atoms with Crippen LogP contribution in [0.25, 0.3) is 0 Å². The van der Waals surface area contributed by atoms with E-state index >= 15 is 0 Å². The van der Waals surface area contributed by atoms with Crippen molar-refractivity contribution < 1.29 is 14.4 Å². The number of carbonyl (C=O) groups is 1. The molecule has 0 fully saturated rings. The Morgan fingerprint density at radius 1 is 1.16 bits per heavy atom. The van der Waals surface area contributed by atoms with Crippen molar-refractivity contribution in [1.29, 1.82) is 0 Å². The third-order valence-electron chi connectivity index (χ3n) is 4.90. The standard InChI is InChI=1S/C23H22N4O3S/c1-29-18-11-9-17(10-12-18)20-14-19(16-6-3-2-4-7-16)25-27(20)22(28)15-30-26-23(24)21-8-5-13-31-21/h2-13,20H,14-15H2,1H3,(H2,24,26). The van der Waals surface area contributed by atoms with E-state index in [0.29, 0.717) is 6.42 Å². The Labute approximate surface area is 184 Å². The number of nitrogens with zero attached hydrogens (tertiary/aromatic N) is 3. The van der Waals surface area contributed by atoms with Crippen molar-refractivity contribution in [3.8, 4) is 5.75 Å². The number of hydrazone groups is 1. The average Bonchev–Trinajstić information content (AvgIpc) is 3.50. The number of amidine groups is 1. The predicted molar refractivity (Wildman–Crippen MR) is 121 cm³/mol. The maximum absolute atomic E-state index is 13.0. The van der Waals surface area contributed by atoms with Gasteiger partial charge in [-0.15, -0.1) is 11.3 Å². The second-order valence-electron chi connectivity index (χ2n) is 6.87. The largest absolute Gasteiger partial charge is 0.497 e. The SMILES string of the molecule is COc1ccc(C2CC(c3ccccc3)=NN2C(=O)CO/N=C(/N)c2cccs2)cc1. The van der Waals surface area contributed by atoms with Gasteiger partial charge in [-0.05, 0) is 34.7 Å². The molecule has 0 saturated carbocycles. The van der Waals surface area contributed by atoms with Crippen LogP contribution < -0.4 is 10.5 Å². The Kier molecular flexibility index (Phi) is 6.28. The summed E-state index contributed by atoms with van der Waals surface area (Å²) in [6.45, 7) is -0.260. The normalized spacial score (nSPS) is 16.2. The summed E-state index contributed by atoms with van der Waals surface area (Å²) >= 11 is 1.45. The van der Waals surface area contributed by atoms with E-state index in [-0.39, 0.29) is 24.4 Å². The van der Waals surface area contributed by atoms with Gasteiger partial charge in [-0.25, -0.2) is 5.01 Å². The fourth-order valence-electron chi connectivity index (χ4n) is 3.32. The van der Waals surface area contributed by atoms with E-state index in [2.05, 4.69) is 10.3 Å². The van der Waals surface area contributed by atoms with Crippen molar-refractivity contribution in [3.63, 3.8) is 0 Å². The zero-order valence-electron chi connectivity index (χ0n) is 17.0. The summed E-state index contributed by atoms with van der Waals surface area (Å²) < 4.78 is 5.25. The molecule has 0 bridgehead atoms. The highest BCUT2D eigenvalue weighted by Gasteiger charge is 2.33. The number of rotatable bonds is 7. The second kappa shape index (κ2) is 9.44. The molecule has 2 N–H and O–H groups in total. The zero-order chi connectivity index (χ0) is 21.6. The molecular formula is C23H22N4O3S. The average molecular weight is 435 g/mol. The molecule has 7 nitrogen and oxygen atoms in total. The minimum absolute atomic E-state index is 0.240. The molecule has 0 aliphatic carbocycles. The molecule has 31 heavy (non-hydrogen) atoms. The summed E-state index contributed by atoms with van der Waals surface area (Å²) in [4.78, 5) is 19.0. The van der Waals surface area contributed by atoms with Gasteiger partial charge in [-0.1, -0.05) is 53.7 Å². The number of benzene rings is 2. The molecule has 0 spiro atoms. The van der Waals surface area contributed by atoms with Gasteiger partial charge in [0.05, 0.1) is 23.7 Å². The van der Waals surface area contributed by atoms with Gasteiger partial charge in [-0.2, -0.15) is 5.10 Å². The molecule has 1 atom stereocenters. The minimum Gasteiger partial charge on any atom is -0.497 e. The van der Waals surface area contributed by atoms with E-state index in [1.165, 1.54) is 16.3 Å². The van der Waals surface area contributed by atoms with Gasteiger partial charge >= 0.3 is 0 Å². The number of hydrogen-bond donors (Lipinski definition) is 1. The molecule has 1 amide bonds. The lowest BCUT2D eigenvalue weighted by molar-refractivity contribution is -0.137. The molecule has 3 aromatic rings. The maximum atomic E-state index is 13.0. The number of nitrogens with two attached hydrogens (primary N) is 1. The highest BCUT2D eigenvalue weighted by Crippen LogP contribution is 2.33.